The molecule has 0 amide bonds. The first kappa shape index (κ1) is 35.8. The van der Waals surface area contributed by atoms with Crippen molar-refractivity contribution >= 4 is 48.1 Å². The van der Waals surface area contributed by atoms with Crippen molar-refractivity contribution in [3.05, 3.63) is 0 Å². The molecule has 0 saturated heterocycles. The summed E-state index contributed by atoms with van der Waals surface area (Å²) in [6, 6.07) is 0. The lowest BCUT2D eigenvalue weighted by Gasteiger charge is -2.30. The van der Waals surface area contributed by atoms with Gasteiger partial charge in [-0.3, -0.25) is 9.59 Å². The van der Waals surface area contributed by atoms with Crippen molar-refractivity contribution in [1.29, 1.82) is 0 Å². The van der Waals surface area contributed by atoms with Gasteiger partial charge in [0.2, 0.25) is 0 Å². The molecule has 0 N–H and O–H groups in total. The summed E-state index contributed by atoms with van der Waals surface area (Å²) in [5, 5.41) is 0. The quantitative estimate of drug-likeness (QED) is 0.156. The molecular weight excluding hydrogens is 451 g/mol. The molecule has 0 radical (unpaired) electrons. The number of unbranched alkanes of at least 4 members (excludes halogenated alkanes) is 6. The summed E-state index contributed by atoms with van der Waals surface area (Å²) in [5.74, 6) is 2.96. The molecular formula is C24H52Cl2N2O2S+2. The summed E-state index contributed by atoms with van der Waals surface area (Å²) in [6.07, 6.45) is 10.9. The van der Waals surface area contributed by atoms with E-state index in [-0.39, 0.29) is 24.8 Å². The molecule has 0 bridgehead atoms. The number of ketones is 2. The Bertz CT molecular complexity index is 421. The molecule has 7 heteroatoms. The van der Waals surface area contributed by atoms with Gasteiger partial charge >= 0.3 is 0 Å². The van der Waals surface area contributed by atoms with E-state index in [0.717, 1.165) is 59.2 Å². The van der Waals surface area contributed by atoms with Gasteiger partial charge in [-0.05, 0) is 12.8 Å². The Kier molecular flexibility index (Phi) is 24.0. The molecule has 0 fully saturated rings. The number of hydrogen-bond donors (Lipinski definition) is 0. The van der Waals surface area contributed by atoms with E-state index in [2.05, 4.69) is 42.0 Å². The zero-order valence-corrected chi connectivity index (χ0v) is 23.7. The van der Waals surface area contributed by atoms with Crippen LogP contribution in [-0.4, -0.2) is 86.4 Å². The van der Waals surface area contributed by atoms with Gasteiger partial charge in [0, 0.05) is 24.3 Å². The van der Waals surface area contributed by atoms with Crippen molar-refractivity contribution in [2.24, 2.45) is 0 Å². The zero-order valence-electron chi connectivity index (χ0n) is 21.2. The standard InChI is InChI=1S/C24H50N2O2S.2ClH/c1-7-9-11-13-15-23(27)21-25(3,4)17-19-29-20-18-26(5,6)22-24(28)16-14-12-10-8-2;;/h7-22H2,1-6H3;2*1H/q+2;;. The van der Waals surface area contributed by atoms with Crippen LogP contribution in [0, 0.1) is 0 Å². The molecule has 4 nitrogen and oxygen atoms in total. The second kappa shape index (κ2) is 20.8. The minimum atomic E-state index is 0. The number of hydrogen-bond acceptors (Lipinski definition) is 3. The molecule has 0 aromatic carbocycles. The Balaban J connectivity index is -0.00000392. The van der Waals surface area contributed by atoms with Crippen molar-refractivity contribution in [1.82, 2.24) is 0 Å². The highest BCUT2D eigenvalue weighted by atomic mass is 35.5. The summed E-state index contributed by atoms with van der Waals surface area (Å²) in [5.41, 5.74) is 0. The van der Waals surface area contributed by atoms with Gasteiger partial charge < -0.3 is 8.97 Å². The van der Waals surface area contributed by atoms with Gasteiger partial charge in [0.1, 0.15) is 13.1 Å². The molecule has 0 aliphatic carbocycles. The highest BCUT2D eigenvalue weighted by Gasteiger charge is 2.21. The summed E-state index contributed by atoms with van der Waals surface area (Å²) in [7, 11) is 8.67. The Morgan fingerprint density at radius 3 is 1.29 bits per heavy atom. The maximum Gasteiger partial charge on any atom is 0.186 e. The second-order valence-corrected chi connectivity index (χ2v) is 11.2. The third-order valence-electron chi connectivity index (χ3n) is 5.51. The first-order chi connectivity index (χ1) is 13.6. The van der Waals surface area contributed by atoms with Crippen molar-refractivity contribution in [2.75, 3.05) is 65.9 Å². The van der Waals surface area contributed by atoms with Crippen LogP contribution >= 0.6 is 36.6 Å². The molecule has 0 heterocycles. The smallest absolute Gasteiger partial charge is 0.186 e. The number of carbonyl (C=O) groups is 2. The molecule has 0 aliphatic heterocycles. The van der Waals surface area contributed by atoms with Crippen LogP contribution in [0.4, 0.5) is 0 Å². The van der Waals surface area contributed by atoms with Crippen LogP contribution < -0.4 is 0 Å². The van der Waals surface area contributed by atoms with Crippen LogP contribution in [0.5, 0.6) is 0 Å². The monoisotopic (exact) mass is 502 g/mol. The van der Waals surface area contributed by atoms with E-state index < -0.39 is 0 Å². The Labute approximate surface area is 210 Å². The maximum atomic E-state index is 12.2. The van der Waals surface area contributed by atoms with E-state index >= 15 is 0 Å². The fourth-order valence-corrected chi connectivity index (χ4v) is 4.95. The number of nitrogens with zero attached hydrogens (tertiary/aromatic N) is 2. The third kappa shape index (κ3) is 23.2. The van der Waals surface area contributed by atoms with Gasteiger partial charge in [-0.1, -0.05) is 52.4 Å². The molecule has 0 aliphatic rings. The van der Waals surface area contributed by atoms with E-state index in [1.807, 2.05) is 11.8 Å². The van der Waals surface area contributed by atoms with E-state index in [1.165, 1.54) is 38.5 Å². The summed E-state index contributed by atoms with van der Waals surface area (Å²) in [4.78, 5) is 24.4. The summed E-state index contributed by atoms with van der Waals surface area (Å²) >= 11 is 1.96. The SMILES string of the molecule is CCCCCCC(=O)C[N+](C)(C)CCSCC[N+](C)(C)CC(=O)CCCCCC.Cl.Cl. The number of rotatable bonds is 20. The van der Waals surface area contributed by atoms with E-state index in [0.29, 0.717) is 24.7 Å². The normalized spacial score (nSPS) is 11.5. The van der Waals surface area contributed by atoms with Crippen LogP contribution in [-0.2, 0) is 9.59 Å². The average molecular weight is 504 g/mol. The molecule has 188 valence electrons. The van der Waals surface area contributed by atoms with Gasteiger partial charge in [-0.15, -0.1) is 24.8 Å². The zero-order chi connectivity index (χ0) is 22.2. The molecule has 0 atom stereocenters. The van der Waals surface area contributed by atoms with Crippen LogP contribution in [0.25, 0.3) is 0 Å². The third-order valence-corrected chi connectivity index (χ3v) is 6.45. The van der Waals surface area contributed by atoms with Crippen LogP contribution in [0.3, 0.4) is 0 Å². The molecule has 0 rings (SSSR count). The predicted octanol–water partition coefficient (Wildman–Crippen LogP) is 5.80. The van der Waals surface area contributed by atoms with E-state index in [1.54, 1.807) is 0 Å². The van der Waals surface area contributed by atoms with E-state index in [9.17, 15) is 9.59 Å². The van der Waals surface area contributed by atoms with Crippen LogP contribution in [0.2, 0.25) is 0 Å². The number of likely N-dealkylation sites (N-methyl/N-ethyl adjacent to an activating group) is 2. The molecule has 0 spiro atoms. The van der Waals surface area contributed by atoms with Gasteiger partial charge in [0.05, 0.1) is 41.3 Å². The van der Waals surface area contributed by atoms with Gasteiger partial charge in [0.25, 0.3) is 0 Å². The van der Waals surface area contributed by atoms with Gasteiger partial charge in [0.15, 0.2) is 11.6 Å². The lowest BCUT2D eigenvalue weighted by molar-refractivity contribution is -0.880. The number of halogens is 2. The van der Waals surface area contributed by atoms with Crippen molar-refractivity contribution in [3.63, 3.8) is 0 Å². The Morgan fingerprint density at radius 2 is 0.968 bits per heavy atom. The highest BCUT2D eigenvalue weighted by molar-refractivity contribution is 7.99. The van der Waals surface area contributed by atoms with Crippen molar-refractivity contribution in [2.45, 2.75) is 78.1 Å². The molecule has 0 aromatic rings. The largest absolute Gasteiger partial charge is 0.322 e. The molecule has 0 aromatic heterocycles. The second-order valence-electron chi connectivity index (χ2n) is 9.95. The molecule has 31 heavy (non-hydrogen) atoms. The molecule has 0 unspecified atom stereocenters. The number of Topliss-reactive ketones (excluding diaryl/α,β-unsaturated/α-hetero) is 2. The fourth-order valence-electron chi connectivity index (χ4n) is 3.49. The number of quaternary nitrogens is 2. The minimum absolute atomic E-state index is 0. The molecule has 0 saturated carbocycles. The van der Waals surface area contributed by atoms with Crippen LogP contribution in [0.15, 0.2) is 0 Å². The number of thioether (sulfide) groups is 1. The van der Waals surface area contributed by atoms with Gasteiger partial charge in [-0.2, -0.15) is 11.8 Å². The first-order valence-electron chi connectivity index (χ1n) is 11.9. The Hall–Kier alpha value is 0.190. The number of carbonyl (C=O) groups excluding carboxylic acids is 2. The average Bonchev–Trinajstić information content (AvgIpc) is 2.61. The summed E-state index contributed by atoms with van der Waals surface area (Å²) in [6.45, 7) is 7.75. The lowest BCUT2D eigenvalue weighted by Crippen LogP contribution is -2.46. The van der Waals surface area contributed by atoms with E-state index in [4.69, 9.17) is 0 Å². The first-order valence-corrected chi connectivity index (χ1v) is 13.0. The van der Waals surface area contributed by atoms with Crippen molar-refractivity contribution in [3.8, 4) is 0 Å². The summed E-state index contributed by atoms with van der Waals surface area (Å²) < 4.78 is 1.57. The highest BCUT2D eigenvalue weighted by Crippen LogP contribution is 2.11. The topological polar surface area (TPSA) is 34.1 Å². The van der Waals surface area contributed by atoms with Crippen molar-refractivity contribution < 1.29 is 18.6 Å². The van der Waals surface area contributed by atoms with Gasteiger partial charge in [-0.25, -0.2) is 0 Å². The maximum absolute atomic E-state index is 12.2. The minimum Gasteiger partial charge on any atom is -0.322 e. The van der Waals surface area contributed by atoms with Crippen LogP contribution in [0.1, 0.15) is 78.1 Å². The fraction of sp³-hybridized carbons (Fsp3) is 0.917. The lowest BCUT2D eigenvalue weighted by atomic mass is 10.1. The Morgan fingerprint density at radius 1 is 0.613 bits per heavy atom. The predicted molar refractivity (Wildman–Crippen MR) is 143 cm³/mol.